The molecule has 20 aromatic rings. The quantitative estimate of drug-likeness (QED) is 0.103. The molecule has 600 valence electrons. The van der Waals surface area contributed by atoms with Crippen LogP contribution in [-0.4, -0.2) is 0 Å². The van der Waals surface area contributed by atoms with E-state index in [9.17, 15) is 8.78 Å². The van der Waals surface area contributed by atoms with Gasteiger partial charge in [-0.3, -0.25) is 0 Å². The normalized spacial score (nSPS) is 13.4. The summed E-state index contributed by atoms with van der Waals surface area (Å²) in [7, 11) is 0. The van der Waals surface area contributed by atoms with Crippen molar-refractivity contribution in [3.05, 3.63) is 429 Å². The topological polar surface area (TPSA) is 18.5 Å². The Morgan fingerprint density at radius 2 is 0.532 bits per heavy atom. The number of rotatable bonds is 11. The number of halogens is 8. The van der Waals surface area contributed by atoms with E-state index in [0.29, 0.717) is 39.1 Å². The molecule has 0 aliphatic heterocycles. The molecule has 0 amide bonds. The molecule has 3 aliphatic carbocycles. The van der Waals surface area contributed by atoms with Crippen molar-refractivity contribution in [3.8, 4) is 66.8 Å². The van der Waals surface area contributed by atoms with E-state index in [2.05, 4.69) is 261 Å². The molecule has 0 radical (unpaired) electrons. The van der Waals surface area contributed by atoms with Gasteiger partial charge in [0.1, 0.15) is 34.9 Å². The Kier molecular flexibility index (Phi) is 18.7. The summed E-state index contributed by atoms with van der Waals surface area (Å²) in [5, 5.41) is 16.7. The van der Waals surface area contributed by atoms with Gasteiger partial charge in [0.15, 0.2) is 0 Å². The maximum Gasteiger partial charge on any atom is 0.147 e. The van der Waals surface area contributed by atoms with E-state index in [0.717, 1.165) is 114 Å². The van der Waals surface area contributed by atoms with E-state index >= 15 is 17.6 Å². The number of hydrogen-bond donors (Lipinski definition) is 1. The number of fused-ring (bicyclic) bond motifs is 9. The van der Waals surface area contributed by atoms with Gasteiger partial charge >= 0.3 is 0 Å². The summed E-state index contributed by atoms with van der Waals surface area (Å²) in [4.78, 5) is 4.04. The maximum atomic E-state index is 17.3. The van der Waals surface area contributed by atoms with Gasteiger partial charge in [0.2, 0.25) is 0 Å². The first-order valence-electron chi connectivity index (χ1n) is 41.5. The van der Waals surface area contributed by atoms with E-state index in [1.807, 2.05) is 52.3 Å². The first-order valence-corrected chi connectivity index (χ1v) is 43.1. The van der Waals surface area contributed by atoms with Gasteiger partial charge in [-0.2, -0.15) is 0 Å². The molecule has 0 aromatic heterocycles. The van der Waals surface area contributed by atoms with Crippen LogP contribution in [0.1, 0.15) is 74.9 Å². The van der Waals surface area contributed by atoms with Crippen molar-refractivity contribution >= 4 is 142 Å². The summed E-state index contributed by atoms with van der Waals surface area (Å²) in [6.07, 6.45) is 0. The predicted molar refractivity (Wildman–Crippen MR) is 510 cm³/mol. The average molecular weight is 1750 g/mol. The summed E-state index contributed by atoms with van der Waals surface area (Å²) in [5.74, 6) is -2.44. The highest BCUT2D eigenvalue weighted by molar-refractivity contribution is 9.11. The molecule has 0 bridgehead atoms. The van der Waals surface area contributed by atoms with Crippen molar-refractivity contribution in [2.45, 2.75) is 57.8 Å². The number of nitrogens with zero attached hydrogens (tertiary/aromatic N) is 2. The zero-order valence-corrected chi connectivity index (χ0v) is 71.6. The van der Waals surface area contributed by atoms with Gasteiger partial charge < -0.3 is 15.1 Å². The largest absolute Gasteiger partial charge is 0.353 e. The van der Waals surface area contributed by atoms with Gasteiger partial charge in [-0.25, -0.2) is 26.3 Å². The van der Waals surface area contributed by atoms with Crippen LogP contribution in [-0.2, 0) is 16.2 Å². The minimum Gasteiger partial charge on any atom is -0.353 e. The van der Waals surface area contributed by atoms with Crippen molar-refractivity contribution in [2.75, 3.05) is 15.1 Å². The van der Waals surface area contributed by atoms with Gasteiger partial charge in [0.25, 0.3) is 0 Å². The van der Waals surface area contributed by atoms with Gasteiger partial charge in [-0.05, 0) is 218 Å². The number of benzene rings is 20. The molecule has 0 heterocycles. The van der Waals surface area contributed by atoms with Crippen LogP contribution in [0.2, 0.25) is 0 Å². The Balaban J connectivity index is 0.000000158. The van der Waals surface area contributed by atoms with Crippen LogP contribution in [0.15, 0.2) is 361 Å². The van der Waals surface area contributed by atoms with E-state index in [4.69, 9.17) is 0 Å². The minimum absolute atomic E-state index is 0.128. The van der Waals surface area contributed by atoms with Crippen LogP contribution in [0.3, 0.4) is 0 Å². The predicted octanol–water partition coefficient (Wildman–Crippen LogP) is 33.8. The van der Waals surface area contributed by atoms with Gasteiger partial charge in [-0.1, -0.05) is 328 Å². The third-order valence-electron chi connectivity index (χ3n) is 26.1. The fourth-order valence-corrected chi connectivity index (χ4v) is 21.0. The molecule has 0 spiro atoms. The van der Waals surface area contributed by atoms with E-state index < -0.39 is 23.3 Å². The number of hydrogen-bond acceptors (Lipinski definition) is 3. The monoisotopic (exact) mass is 1750 g/mol. The molecule has 0 fully saturated rings. The Morgan fingerprint density at radius 1 is 0.226 bits per heavy atom. The molecule has 0 saturated carbocycles. The van der Waals surface area contributed by atoms with Crippen LogP contribution >= 0.6 is 31.9 Å². The van der Waals surface area contributed by atoms with Crippen molar-refractivity contribution < 1.29 is 26.3 Å². The summed E-state index contributed by atoms with van der Waals surface area (Å²) < 4.78 is 97.3. The molecular weight excluding hydrogens is 1670 g/mol. The van der Waals surface area contributed by atoms with Crippen LogP contribution < -0.4 is 15.1 Å². The van der Waals surface area contributed by atoms with Crippen LogP contribution in [0.5, 0.6) is 0 Å². The first kappa shape index (κ1) is 77.7. The van der Waals surface area contributed by atoms with Crippen LogP contribution in [0.4, 0.5) is 71.8 Å². The smallest absolute Gasteiger partial charge is 0.147 e. The molecule has 3 nitrogen and oxygen atoms in total. The molecule has 0 saturated heterocycles. The fraction of sp³-hybridized carbons (Fsp3) is 0.0796. The fourth-order valence-electron chi connectivity index (χ4n) is 20.1. The third kappa shape index (κ3) is 12.4. The maximum absolute atomic E-state index is 17.3. The number of nitrogens with one attached hydrogen (secondary N) is 1. The second kappa shape index (κ2) is 29.9. The highest BCUT2D eigenvalue weighted by atomic mass is 79.9. The molecule has 23 rings (SSSR count). The number of anilines is 8. The Hall–Kier alpha value is -13.6. The standard InChI is InChI=1S/C70H48F4N2.C27H21F2N.C16H8Br2/c1-69(2)51-19-9-5-17-47(51)67-53(69)21-13-25-61(67)75(63-39-43(29-35-57(63)73)45-15-7-11-23-55(45)71)59-37-31-41-28-34-50-60(38-32-42-27-33-49(59)65(41)66(42)50)76(64-40-44(30-36-58(64)74)46-16-8-12-24-56(46)72)62-26-14-22-54-68(62)48-18-6-10-20-52(48)70(54,3)4;1-27(2)20-10-5-3-9-19(20)26-21(27)11-7-13-24(26)30-25-16-17(14-15-23(25)29)18-8-4-6-12-22(18)28;17-13-8-4-10-2-6-12-14(18)7-3-9-1-5-11(13)16(10)15(9)12/h5-40H,1-4H3;3-16,30H,1-2H3;1-8H. The minimum atomic E-state index is -0.466. The average Bonchev–Trinajstić information content (AvgIpc) is 1.26. The second-order valence-electron chi connectivity index (χ2n) is 34.0. The van der Waals surface area contributed by atoms with E-state index in [1.54, 1.807) is 91.0 Å². The molecule has 0 unspecified atom stereocenters. The summed E-state index contributed by atoms with van der Waals surface area (Å²) in [6, 6.07) is 112. The molecular formula is C113H77Br2F6N3. The SMILES string of the molecule is Brc1ccc2ccc3c(Br)ccc4ccc1c2c43.CC1(C)c2ccccc2-c2c(N(c3cc(-c4ccccc4F)ccc3F)c3ccc4ccc5c(N(c6cc(-c7ccccc7F)ccc6F)c6cccc7c6-c6ccccc6C7(C)C)ccc6ccc3c4c65)cccc21.CC1(C)c2ccccc2-c2c(Nc3cc(-c4ccccc4F)ccc3F)cccc21. The zero-order chi connectivity index (χ0) is 84.9. The first-order chi connectivity index (χ1) is 60.1. The molecule has 0 atom stereocenters. The summed E-state index contributed by atoms with van der Waals surface area (Å²) in [5.41, 5.74) is 20.3. The summed E-state index contributed by atoms with van der Waals surface area (Å²) >= 11 is 7.30. The van der Waals surface area contributed by atoms with Crippen molar-refractivity contribution in [1.82, 2.24) is 0 Å². The molecule has 1 N–H and O–H groups in total. The lowest BCUT2D eigenvalue weighted by Crippen LogP contribution is -2.17. The lowest BCUT2D eigenvalue weighted by Gasteiger charge is -2.32. The zero-order valence-electron chi connectivity index (χ0n) is 68.4. The van der Waals surface area contributed by atoms with E-state index in [-0.39, 0.29) is 39.3 Å². The lowest BCUT2D eigenvalue weighted by molar-refractivity contribution is 0.626. The Labute approximate surface area is 731 Å². The van der Waals surface area contributed by atoms with Crippen LogP contribution in [0.25, 0.3) is 131 Å². The third-order valence-corrected chi connectivity index (χ3v) is 27.5. The summed E-state index contributed by atoms with van der Waals surface area (Å²) in [6.45, 7) is 13.3. The van der Waals surface area contributed by atoms with Crippen molar-refractivity contribution in [3.63, 3.8) is 0 Å². The molecule has 124 heavy (non-hydrogen) atoms. The lowest BCUT2D eigenvalue weighted by atomic mass is 9.82. The van der Waals surface area contributed by atoms with Gasteiger partial charge in [0.05, 0.1) is 39.8 Å². The van der Waals surface area contributed by atoms with Crippen LogP contribution in [0, 0.1) is 34.9 Å². The highest BCUT2D eigenvalue weighted by Gasteiger charge is 2.42. The second-order valence-corrected chi connectivity index (χ2v) is 35.7. The van der Waals surface area contributed by atoms with Crippen molar-refractivity contribution in [1.29, 1.82) is 0 Å². The molecule has 3 aliphatic rings. The Morgan fingerprint density at radius 3 is 0.935 bits per heavy atom. The Bertz CT molecular complexity index is 7420. The molecule has 20 aromatic carbocycles. The van der Waals surface area contributed by atoms with Gasteiger partial charge in [0, 0.05) is 75.0 Å². The molecule has 11 heteroatoms. The van der Waals surface area contributed by atoms with E-state index in [1.165, 1.54) is 91.0 Å². The highest BCUT2D eigenvalue weighted by Crippen LogP contribution is 2.60. The van der Waals surface area contributed by atoms with Gasteiger partial charge in [-0.15, -0.1) is 0 Å². The van der Waals surface area contributed by atoms with Crippen molar-refractivity contribution in [2.24, 2.45) is 0 Å².